The van der Waals surface area contributed by atoms with E-state index in [2.05, 4.69) is 45.0 Å². The molecule has 0 aliphatic carbocycles. The molecule has 1 heterocycles. The van der Waals surface area contributed by atoms with Crippen molar-refractivity contribution in [3.63, 3.8) is 0 Å². The third-order valence-electron chi connectivity index (χ3n) is 4.70. The second-order valence-electron chi connectivity index (χ2n) is 6.97. The lowest BCUT2D eigenvalue weighted by Crippen LogP contribution is -3.13. The molecule has 1 N–H and O–H groups in total. The summed E-state index contributed by atoms with van der Waals surface area (Å²) in [5.74, 6) is 2.55. The minimum absolute atomic E-state index is 0.568. The fourth-order valence-corrected chi connectivity index (χ4v) is 3.05. The number of benzene rings is 1. The lowest BCUT2D eigenvalue weighted by atomic mass is 9.99. The second kappa shape index (κ2) is 8.43. The molecule has 1 aliphatic heterocycles. The average molecular weight is 290 g/mol. The van der Waals surface area contributed by atoms with Crippen LogP contribution in [0.15, 0.2) is 24.3 Å². The fraction of sp³-hybridized carbons (Fsp3) is 0.684. The molecule has 0 bridgehead atoms. The molecule has 0 spiro atoms. The van der Waals surface area contributed by atoms with Gasteiger partial charge in [-0.1, -0.05) is 32.9 Å². The molecule has 1 saturated heterocycles. The number of hydrogen-bond donors (Lipinski definition) is 1. The summed E-state index contributed by atoms with van der Waals surface area (Å²) in [5.41, 5.74) is 1.36. The molecule has 0 atom stereocenters. The van der Waals surface area contributed by atoms with E-state index in [1.165, 1.54) is 50.9 Å². The molecule has 0 saturated carbocycles. The maximum absolute atomic E-state index is 5.89. The van der Waals surface area contributed by atoms with E-state index in [1.807, 2.05) is 0 Å². The van der Waals surface area contributed by atoms with Crippen LogP contribution in [-0.2, 0) is 0 Å². The highest BCUT2D eigenvalue weighted by molar-refractivity contribution is 5.30. The van der Waals surface area contributed by atoms with E-state index in [1.54, 1.807) is 4.90 Å². The highest BCUT2D eigenvalue weighted by Gasteiger charge is 2.17. The van der Waals surface area contributed by atoms with Gasteiger partial charge in [0.15, 0.2) is 0 Å². The van der Waals surface area contributed by atoms with E-state index in [9.17, 15) is 0 Å². The number of unbranched alkanes of at least 4 members (excludes halogenated alkanes) is 1. The maximum Gasteiger partial charge on any atom is 0.119 e. The SMILES string of the molecule is CC1CC[NH+](CCCCOc2cccc(C(C)C)c2)CC1. The van der Waals surface area contributed by atoms with E-state index < -0.39 is 0 Å². The van der Waals surface area contributed by atoms with Gasteiger partial charge in [-0.15, -0.1) is 0 Å². The zero-order valence-electron chi connectivity index (χ0n) is 14.0. The molecule has 1 aliphatic rings. The van der Waals surface area contributed by atoms with Crippen molar-refractivity contribution in [3.05, 3.63) is 29.8 Å². The third kappa shape index (κ3) is 5.70. The molecule has 0 aromatic heterocycles. The predicted octanol–water partition coefficient (Wildman–Crippen LogP) is 3.28. The largest absolute Gasteiger partial charge is 0.494 e. The molecule has 0 unspecified atom stereocenters. The van der Waals surface area contributed by atoms with Crippen molar-refractivity contribution in [1.29, 1.82) is 0 Å². The molecular weight excluding hydrogens is 258 g/mol. The Morgan fingerprint density at radius 1 is 1.19 bits per heavy atom. The summed E-state index contributed by atoms with van der Waals surface area (Å²) in [6, 6.07) is 8.53. The molecule has 0 radical (unpaired) electrons. The predicted molar refractivity (Wildman–Crippen MR) is 89.2 cm³/mol. The summed E-state index contributed by atoms with van der Waals surface area (Å²) in [6.45, 7) is 11.8. The number of piperidine rings is 1. The minimum atomic E-state index is 0.568. The summed E-state index contributed by atoms with van der Waals surface area (Å²) in [6.07, 6.45) is 5.28. The highest BCUT2D eigenvalue weighted by Crippen LogP contribution is 2.20. The average Bonchev–Trinajstić information content (AvgIpc) is 2.49. The van der Waals surface area contributed by atoms with Crippen molar-refractivity contribution in [2.75, 3.05) is 26.2 Å². The minimum Gasteiger partial charge on any atom is -0.494 e. The molecular formula is C19H32NO+. The Hall–Kier alpha value is -1.02. The Morgan fingerprint density at radius 2 is 1.95 bits per heavy atom. The van der Waals surface area contributed by atoms with Crippen LogP contribution in [0, 0.1) is 5.92 Å². The first-order chi connectivity index (χ1) is 10.1. The molecule has 2 heteroatoms. The third-order valence-corrected chi connectivity index (χ3v) is 4.70. The Labute approximate surface area is 130 Å². The number of rotatable bonds is 7. The van der Waals surface area contributed by atoms with E-state index >= 15 is 0 Å². The van der Waals surface area contributed by atoms with E-state index in [4.69, 9.17) is 4.74 Å². The number of hydrogen-bond acceptors (Lipinski definition) is 1. The quantitative estimate of drug-likeness (QED) is 0.761. The smallest absolute Gasteiger partial charge is 0.119 e. The zero-order valence-corrected chi connectivity index (χ0v) is 14.0. The summed E-state index contributed by atoms with van der Waals surface area (Å²) in [7, 11) is 0. The Morgan fingerprint density at radius 3 is 2.67 bits per heavy atom. The van der Waals surface area contributed by atoms with Crippen molar-refractivity contribution in [1.82, 2.24) is 0 Å². The molecule has 0 amide bonds. The van der Waals surface area contributed by atoms with Crippen LogP contribution in [0.2, 0.25) is 0 Å². The van der Waals surface area contributed by atoms with Gasteiger partial charge < -0.3 is 9.64 Å². The fourth-order valence-electron chi connectivity index (χ4n) is 3.05. The van der Waals surface area contributed by atoms with Gasteiger partial charge in [0, 0.05) is 0 Å². The van der Waals surface area contributed by atoms with Crippen molar-refractivity contribution in [3.8, 4) is 5.75 Å². The molecule has 118 valence electrons. The van der Waals surface area contributed by atoms with Gasteiger partial charge in [-0.05, 0) is 55.2 Å². The molecule has 2 rings (SSSR count). The normalized spacial score (nSPS) is 22.5. The summed E-state index contributed by atoms with van der Waals surface area (Å²) in [5, 5.41) is 0. The van der Waals surface area contributed by atoms with Crippen LogP contribution in [-0.4, -0.2) is 26.2 Å². The van der Waals surface area contributed by atoms with Gasteiger partial charge in [0.25, 0.3) is 0 Å². The van der Waals surface area contributed by atoms with E-state index in [0.717, 1.165) is 18.3 Å². The Balaban J connectivity index is 1.60. The highest BCUT2D eigenvalue weighted by atomic mass is 16.5. The molecule has 1 aromatic rings. The van der Waals surface area contributed by atoms with Crippen molar-refractivity contribution in [2.24, 2.45) is 5.92 Å². The first-order valence-electron chi connectivity index (χ1n) is 8.71. The number of quaternary nitrogens is 1. The van der Waals surface area contributed by atoms with Gasteiger partial charge in [0.2, 0.25) is 0 Å². The summed E-state index contributed by atoms with van der Waals surface area (Å²) in [4.78, 5) is 1.80. The van der Waals surface area contributed by atoms with Crippen LogP contribution in [0.3, 0.4) is 0 Å². The van der Waals surface area contributed by atoms with Crippen molar-refractivity contribution in [2.45, 2.75) is 52.4 Å². The Kier molecular flexibility index (Phi) is 6.56. The van der Waals surface area contributed by atoms with Crippen molar-refractivity contribution < 1.29 is 9.64 Å². The van der Waals surface area contributed by atoms with Crippen LogP contribution in [0.25, 0.3) is 0 Å². The van der Waals surface area contributed by atoms with E-state index in [0.29, 0.717) is 5.92 Å². The maximum atomic E-state index is 5.89. The van der Waals surface area contributed by atoms with Gasteiger partial charge in [-0.2, -0.15) is 0 Å². The zero-order chi connectivity index (χ0) is 15.1. The molecule has 1 aromatic carbocycles. The summed E-state index contributed by atoms with van der Waals surface area (Å²) < 4.78 is 5.89. The molecule has 2 nitrogen and oxygen atoms in total. The topological polar surface area (TPSA) is 13.7 Å². The van der Waals surface area contributed by atoms with Gasteiger partial charge in [-0.3, -0.25) is 0 Å². The lowest BCUT2D eigenvalue weighted by Gasteiger charge is -2.27. The van der Waals surface area contributed by atoms with Crippen LogP contribution in [0.5, 0.6) is 5.75 Å². The van der Waals surface area contributed by atoms with E-state index in [-0.39, 0.29) is 0 Å². The lowest BCUT2D eigenvalue weighted by molar-refractivity contribution is -0.906. The van der Waals surface area contributed by atoms with Gasteiger partial charge in [0.05, 0.1) is 26.2 Å². The van der Waals surface area contributed by atoms with Crippen molar-refractivity contribution >= 4 is 0 Å². The van der Waals surface area contributed by atoms with Gasteiger partial charge >= 0.3 is 0 Å². The summed E-state index contributed by atoms with van der Waals surface area (Å²) >= 11 is 0. The number of ether oxygens (including phenoxy) is 1. The first kappa shape index (κ1) is 16.4. The monoisotopic (exact) mass is 290 g/mol. The standard InChI is InChI=1S/C19H31NO/c1-16(2)18-7-6-8-19(15-18)21-14-5-4-11-20-12-9-17(3)10-13-20/h6-8,15-17H,4-5,9-14H2,1-3H3/p+1. The van der Waals surface area contributed by atoms with Crippen LogP contribution < -0.4 is 9.64 Å². The molecule has 1 fully saturated rings. The van der Waals surface area contributed by atoms with Crippen LogP contribution in [0.1, 0.15) is 57.9 Å². The second-order valence-corrected chi connectivity index (χ2v) is 6.97. The van der Waals surface area contributed by atoms with Crippen LogP contribution in [0.4, 0.5) is 0 Å². The number of likely N-dealkylation sites (tertiary alicyclic amines) is 1. The van der Waals surface area contributed by atoms with Crippen LogP contribution >= 0.6 is 0 Å². The van der Waals surface area contributed by atoms with Gasteiger partial charge in [0.1, 0.15) is 5.75 Å². The number of nitrogens with one attached hydrogen (secondary N) is 1. The Bertz CT molecular complexity index is 408. The molecule has 21 heavy (non-hydrogen) atoms. The van der Waals surface area contributed by atoms with Gasteiger partial charge in [-0.25, -0.2) is 0 Å². The first-order valence-corrected chi connectivity index (χ1v) is 8.71.